The van der Waals surface area contributed by atoms with Gasteiger partial charge in [0.1, 0.15) is 4.90 Å². The lowest BCUT2D eigenvalue weighted by Gasteiger charge is -2.09. The normalized spacial score (nSPS) is 12.0. The number of nitrogens with one attached hydrogen (secondary N) is 2. The third-order valence-electron chi connectivity index (χ3n) is 3.70. The van der Waals surface area contributed by atoms with Gasteiger partial charge in [0.2, 0.25) is 5.95 Å². The highest BCUT2D eigenvalue weighted by Gasteiger charge is 2.21. The third kappa shape index (κ3) is 4.28. The fourth-order valence-corrected chi connectivity index (χ4v) is 4.66. The van der Waals surface area contributed by atoms with Crippen molar-refractivity contribution in [3.63, 3.8) is 0 Å². The van der Waals surface area contributed by atoms with Crippen LogP contribution in [0.3, 0.4) is 0 Å². The molecule has 0 radical (unpaired) electrons. The monoisotopic (exact) mass is 422 g/mol. The molecule has 148 valence electrons. The molecule has 2 aromatic heterocycles. The van der Waals surface area contributed by atoms with Gasteiger partial charge in [-0.05, 0) is 44.2 Å². The zero-order valence-corrected chi connectivity index (χ0v) is 16.9. The van der Waals surface area contributed by atoms with Gasteiger partial charge in [0.25, 0.3) is 20.0 Å². The zero-order valence-electron chi connectivity index (χ0n) is 15.3. The van der Waals surface area contributed by atoms with Crippen LogP contribution >= 0.6 is 0 Å². The molecule has 0 saturated carbocycles. The zero-order chi connectivity index (χ0) is 20.5. The minimum absolute atomic E-state index is 0.0446. The lowest BCUT2D eigenvalue weighted by molar-refractivity contribution is 0.599. The summed E-state index contributed by atoms with van der Waals surface area (Å²) >= 11 is 0. The number of aryl methyl sites for hydroxylation is 3. The molecule has 0 fully saturated rings. The molecule has 0 saturated heterocycles. The first-order valence-corrected chi connectivity index (χ1v) is 11.0. The molecule has 3 aromatic rings. The van der Waals surface area contributed by atoms with Crippen LogP contribution < -0.4 is 9.44 Å². The molecule has 0 atom stereocenters. The molecule has 1 aromatic carbocycles. The summed E-state index contributed by atoms with van der Waals surface area (Å²) in [6.45, 7) is 3.30. The van der Waals surface area contributed by atoms with Crippen molar-refractivity contribution in [2.45, 2.75) is 23.6 Å². The van der Waals surface area contributed by atoms with E-state index in [-0.39, 0.29) is 21.4 Å². The quantitative estimate of drug-likeness (QED) is 0.613. The molecule has 2 heterocycles. The van der Waals surface area contributed by atoms with Crippen molar-refractivity contribution in [2.24, 2.45) is 7.05 Å². The molecule has 0 aliphatic heterocycles. The van der Waals surface area contributed by atoms with Gasteiger partial charge in [-0.15, -0.1) is 0 Å². The first-order chi connectivity index (χ1) is 13.1. The topological polar surface area (TPSA) is 136 Å². The van der Waals surface area contributed by atoms with Gasteiger partial charge in [-0.1, -0.05) is 0 Å². The third-order valence-corrected chi connectivity index (χ3v) is 6.52. The summed E-state index contributed by atoms with van der Waals surface area (Å²) in [6, 6.07) is 6.92. The van der Waals surface area contributed by atoms with E-state index in [4.69, 9.17) is 0 Å². The van der Waals surface area contributed by atoms with E-state index in [1.165, 1.54) is 41.3 Å². The minimum Gasteiger partial charge on any atom is -0.280 e. The summed E-state index contributed by atoms with van der Waals surface area (Å²) in [7, 11) is -6.13. The molecule has 2 N–H and O–H groups in total. The Morgan fingerprint density at radius 3 is 2.18 bits per heavy atom. The number of nitrogens with zero attached hydrogens (tertiary/aromatic N) is 4. The Hall–Kier alpha value is -2.99. The Labute approximate surface area is 162 Å². The summed E-state index contributed by atoms with van der Waals surface area (Å²) < 4.78 is 55.9. The van der Waals surface area contributed by atoms with Crippen molar-refractivity contribution < 1.29 is 16.8 Å². The van der Waals surface area contributed by atoms with Crippen molar-refractivity contribution in [3.05, 3.63) is 54.1 Å². The number of hydrogen-bond acceptors (Lipinski definition) is 7. The van der Waals surface area contributed by atoms with Gasteiger partial charge >= 0.3 is 0 Å². The Morgan fingerprint density at radius 1 is 0.929 bits per heavy atom. The highest BCUT2D eigenvalue weighted by Crippen LogP contribution is 2.21. The summed E-state index contributed by atoms with van der Waals surface area (Å²) in [6.07, 6.45) is 2.83. The van der Waals surface area contributed by atoms with E-state index in [1.807, 2.05) is 0 Å². The van der Waals surface area contributed by atoms with E-state index < -0.39 is 20.0 Å². The van der Waals surface area contributed by atoms with E-state index in [2.05, 4.69) is 24.5 Å². The maximum Gasteiger partial charge on any atom is 0.265 e. The molecule has 0 spiro atoms. The first kappa shape index (κ1) is 19.8. The average Bonchev–Trinajstić information content (AvgIpc) is 2.94. The molecule has 0 unspecified atom stereocenters. The Kier molecular flexibility index (Phi) is 5.08. The number of aromatic nitrogens is 4. The van der Waals surface area contributed by atoms with Crippen LogP contribution in [0.4, 0.5) is 11.6 Å². The van der Waals surface area contributed by atoms with E-state index >= 15 is 0 Å². The lowest BCUT2D eigenvalue weighted by atomic mass is 10.3. The second-order valence-electron chi connectivity index (χ2n) is 6.01. The number of hydrogen-bond donors (Lipinski definition) is 2. The largest absolute Gasteiger partial charge is 0.280 e. The molecule has 28 heavy (non-hydrogen) atoms. The van der Waals surface area contributed by atoms with Gasteiger partial charge in [-0.3, -0.25) is 9.40 Å². The van der Waals surface area contributed by atoms with Crippen LogP contribution in [0.1, 0.15) is 11.4 Å². The van der Waals surface area contributed by atoms with E-state index in [1.54, 1.807) is 27.0 Å². The fraction of sp³-hybridized carbons (Fsp3) is 0.188. The van der Waals surface area contributed by atoms with Crippen LogP contribution in [0, 0.1) is 13.8 Å². The lowest BCUT2D eigenvalue weighted by Crippen LogP contribution is -2.16. The Balaban J connectivity index is 1.80. The molecule has 0 amide bonds. The molecule has 10 nitrogen and oxygen atoms in total. The van der Waals surface area contributed by atoms with Crippen LogP contribution in [0.2, 0.25) is 0 Å². The highest BCUT2D eigenvalue weighted by molar-refractivity contribution is 7.93. The molecular formula is C16H18N6O4S2. The van der Waals surface area contributed by atoms with Crippen molar-refractivity contribution in [1.82, 2.24) is 19.7 Å². The van der Waals surface area contributed by atoms with Crippen molar-refractivity contribution in [2.75, 3.05) is 9.44 Å². The van der Waals surface area contributed by atoms with Crippen LogP contribution in [-0.2, 0) is 27.1 Å². The average molecular weight is 422 g/mol. The Bertz CT molecular complexity index is 1220. The van der Waals surface area contributed by atoms with E-state index in [0.29, 0.717) is 11.4 Å². The molecular weight excluding hydrogens is 404 g/mol. The van der Waals surface area contributed by atoms with Gasteiger partial charge in [0.05, 0.1) is 10.6 Å². The SMILES string of the molecule is Cc1ccnc(NS(=O)(=O)c2ccc(NS(=O)(=O)c3cn(C)nc3C)cc2)n1. The maximum atomic E-state index is 12.5. The van der Waals surface area contributed by atoms with Crippen LogP contribution in [0.25, 0.3) is 0 Å². The Morgan fingerprint density at radius 2 is 1.61 bits per heavy atom. The maximum absolute atomic E-state index is 12.5. The molecule has 0 bridgehead atoms. The van der Waals surface area contributed by atoms with Crippen LogP contribution in [-0.4, -0.2) is 36.6 Å². The number of benzene rings is 1. The minimum atomic E-state index is -3.91. The predicted octanol–water partition coefficient (Wildman–Crippen LogP) is 1.43. The fourth-order valence-electron chi connectivity index (χ4n) is 2.43. The molecule has 0 aliphatic rings. The van der Waals surface area contributed by atoms with Crippen molar-refractivity contribution in [1.29, 1.82) is 0 Å². The molecule has 0 aliphatic carbocycles. The van der Waals surface area contributed by atoms with Gasteiger partial charge in [-0.25, -0.2) is 31.5 Å². The molecule has 3 rings (SSSR count). The summed E-state index contributed by atoms with van der Waals surface area (Å²) in [5.74, 6) is -0.0446. The second kappa shape index (κ2) is 7.20. The smallest absolute Gasteiger partial charge is 0.265 e. The van der Waals surface area contributed by atoms with Crippen LogP contribution in [0.15, 0.2) is 52.5 Å². The number of rotatable bonds is 6. The summed E-state index contributed by atoms with van der Waals surface area (Å²) in [4.78, 5) is 7.84. The highest BCUT2D eigenvalue weighted by atomic mass is 32.2. The standard InChI is InChI=1S/C16H18N6O4S2/c1-11-8-9-17-16(18-11)21-27(23,24)14-6-4-13(5-7-14)20-28(25,26)15-10-22(3)19-12(15)2/h4-10,20H,1-3H3,(H,17,18,21). The van der Waals surface area contributed by atoms with Gasteiger partial charge in [-0.2, -0.15) is 5.10 Å². The van der Waals surface area contributed by atoms with E-state index in [0.717, 1.165) is 0 Å². The first-order valence-electron chi connectivity index (χ1n) is 8.02. The van der Waals surface area contributed by atoms with Gasteiger partial charge in [0, 0.05) is 30.8 Å². The summed E-state index contributed by atoms with van der Waals surface area (Å²) in [5, 5.41) is 4.01. The van der Waals surface area contributed by atoms with Gasteiger partial charge < -0.3 is 0 Å². The molecule has 12 heteroatoms. The van der Waals surface area contributed by atoms with Crippen molar-refractivity contribution >= 4 is 31.7 Å². The van der Waals surface area contributed by atoms with E-state index in [9.17, 15) is 16.8 Å². The van der Waals surface area contributed by atoms with Crippen molar-refractivity contribution in [3.8, 4) is 0 Å². The number of anilines is 2. The summed E-state index contributed by atoms with van der Waals surface area (Å²) in [5.41, 5.74) is 1.19. The second-order valence-corrected chi connectivity index (χ2v) is 9.34. The number of sulfonamides is 2. The van der Waals surface area contributed by atoms with Gasteiger partial charge in [0.15, 0.2) is 0 Å². The predicted molar refractivity (Wildman–Crippen MR) is 103 cm³/mol. The van der Waals surface area contributed by atoms with Crippen LogP contribution in [0.5, 0.6) is 0 Å².